The molecule has 0 bridgehead atoms. The minimum Gasteiger partial charge on any atom is -0.488 e. The lowest BCUT2D eigenvalue weighted by atomic mass is 9.96. The summed E-state index contributed by atoms with van der Waals surface area (Å²) in [5.74, 6) is 2.94. The van der Waals surface area contributed by atoms with Crippen molar-refractivity contribution >= 4 is 5.97 Å². The van der Waals surface area contributed by atoms with Gasteiger partial charge in [0.2, 0.25) is 0 Å². The van der Waals surface area contributed by atoms with Crippen molar-refractivity contribution in [1.29, 1.82) is 0 Å². The summed E-state index contributed by atoms with van der Waals surface area (Å²) >= 11 is 0. The third-order valence-corrected chi connectivity index (χ3v) is 4.05. The number of halogens is 3. The van der Waals surface area contributed by atoms with E-state index in [-0.39, 0.29) is 23.3 Å². The molecule has 146 valence electrons. The first-order valence-electron chi connectivity index (χ1n) is 8.57. The fourth-order valence-corrected chi connectivity index (χ4v) is 2.77. The van der Waals surface area contributed by atoms with Gasteiger partial charge in [0.1, 0.15) is 12.4 Å². The molecule has 3 nitrogen and oxygen atoms in total. The molecule has 29 heavy (non-hydrogen) atoms. The highest BCUT2D eigenvalue weighted by molar-refractivity contribution is 5.87. The third kappa shape index (κ3) is 5.17. The van der Waals surface area contributed by atoms with Crippen LogP contribution in [0.15, 0.2) is 72.8 Å². The summed E-state index contributed by atoms with van der Waals surface area (Å²) in [5, 5.41) is 8.61. The second-order valence-electron chi connectivity index (χ2n) is 6.08. The number of aliphatic carboxylic acids is 1. The van der Waals surface area contributed by atoms with Crippen LogP contribution in [0.5, 0.6) is 5.75 Å². The minimum absolute atomic E-state index is 0.0360. The first-order valence-corrected chi connectivity index (χ1v) is 8.57. The van der Waals surface area contributed by atoms with E-state index in [1.165, 1.54) is 12.1 Å². The molecule has 0 aliphatic carbocycles. The summed E-state index contributed by atoms with van der Waals surface area (Å²) in [7, 11) is 0. The summed E-state index contributed by atoms with van der Waals surface area (Å²) in [4.78, 5) is 10.6. The van der Waals surface area contributed by atoms with Crippen LogP contribution in [0.25, 0.3) is 11.1 Å². The first-order chi connectivity index (χ1) is 13.8. The molecule has 0 saturated heterocycles. The fraction of sp³-hybridized carbons (Fsp3) is 0.0870. The van der Waals surface area contributed by atoms with Crippen molar-refractivity contribution < 1.29 is 27.8 Å². The van der Waals surface area contributed by atoms with Crippen LogP contribution in [0.4, 0.5) is 13.2 Å². The third-order valence-electron chi connectivity index (χ3n) is 4.05. The van der Waals surface area contributed by atoms with Gasteiger partial charge in [0.25, 0.3) is 0 Å². The van der Waals surface area contributed by atoms with Crippen LogP contribution in [-0.4, -0.2) is 11.1 Å². The SMILES string of the molecule is O=C(O)C#Cc1ccc(-c2ccccc2OCc2ccccc2)c(C(F)(F)F)c1. The number of hydrogen-bond donors (Lipinski definition) is 1. The van der Waals surface area contributed by atoms with Gasteiger partial charge in [0, 0.05) is 17.0 Å². The van der Waals surface area contributed by atoms with Crippen LogP contribution >= 0.6 is 0 Å². The van der Waals surface area contributed by atoms with E-state index < -0.39 is 17.7 Å². The van der Waals surface area contributed by atoms with E-state index in [4.69, 9.17) is 9.84 Å². The van der Waals surface area contributed by atoms with E-state index in [1.54, 1.807) is 24.3 Å². The van der Waals surface area contributed by atoms with Gasteiger partial charge in [-0.3, -0.25) is 0 Å². The lowest BCUT2D eigenvalue weighted by molar-refractivity contribution is -0.137. The Bertz CT molecular complexity index is 1080. The molecule has 1 N–H and O–H groups in total. The summed E-state index contributed by atoms with van der Waals surface area (Å²) < 4.78 is 46.9. The second-order valence-corrected chi connectivity index (χ2v) is 6.08. The number of para-hydroxylation sites is 1. The number of hydrogen-bond acceptors (Lipinski definition) is 2. The molecule has 0 radical (unpaired) electrons. The fourth-order valence-electron chi connectivity index (χ4n) is 2.77. The van der Waals surface area contributed by atoms with Crippen molar-refractivity contribution in [2.75, 3.05) is 0 Å². The monoisotopic (exact) mass is 396 g/mol. The zero-order valence-electron chi connectivity index (χ0n) is 15.0. The van der Waals surface area contributed by atoms with E-state index in [0.717, 1.165) is 11.6 Å². The molecular formula is C23H15F3O3. The second kappa shape index (κ2) is 8.53. The molecule has 0 aromatic heterocycles. The molecule has 3 aromatic rings. The van der Waals surface area contributed by atoms with Crippen LogP contribution in [0, 0.1) is 11.8 Å². The van der Waals surface area contributed by atoms with Gasteiger partial charge in [0.05, 0.1) is 5.56 Å². The molecule has 0 aliphatic rings. The highest BCUT2D eigenvalue weighted by Gasteiger charge is 2.34. The maximum atomic E-state index is 13.7. The van der Waals surface area contributed by atoms with Gasteiger partial charge in [0.15, 0.2) is 0 Å². The number of carbonyl (C=O) groups is 1. The number of carboxylic acid groups (broad SMARTS) is 1. The zero-order chi connectivity index (χ0) is 20.9. The van der Waals surface area contributed by atoms with Crippen LogP contribution in [0.1, 0.15) is 16.7 Å². The number of benzene rings is 3. The van der Waals surface area contributed by atoms with Crippen LogP contribution in [-0.2, 0) is 17.6 Å². The summed E-state index contributed by atoms with van der Waals surface area (Å²) in [6.07, 6.45) is -4.65. The Balaban J connectivity index is 2.02. The predicted molar refractivity (Wildman–Crippen MR) is 102 cm³/mol. The molecule has 0 saturated carbocycles. The van der Waals surface area contributed by atoms with Crippen LogP contribution < -0.4 is 4.74 Å². The van der Waals surface area contributed by atoms with Gasteiger partial charge in [-0.05, 0) is 29.3 Å². The van der Waals surface area contributed by atoms with Crippen molar-refractivity contribution in [3.05, 3.63) is 89.5 Å². The maximum Gasteiger partial charge on any atom is 0.417 e. The highest BCUT2D eigenvalue weighted by atomic mass is 19.4. The number of carboxylic acids is 1. The van der Waals surface area contributed by atoms with Crippen LogP contribution in [0.2, 0.25) is 0 Å². The largest absolute Gasteiger partial charge is 0.488 e. The number of ether oxygens (including phenoxy) is 1. The molecule has 0 atom stereocenters. The van der Waals surface area contributed by atoms with Gasteiger partial charge in [-0.25, -0.2) is 4.79 Å². The van der Waals surface area contributed by atoms with E-state index in [0.29, 0.717) is 5.75 Å². The van der Waals surface area contributed by atoms with E-state index in [2.05, 4.69) is 5.92 Å². The molecular weight excluding hydrogens is 381 g/mol. The number of alkyl halides is 3. The Hall–Kier alpha value is -3.72. The van der Waals surface area contributed by atoms with Crippen LogP contribution in [0.3, 0.4) is 0 Å². The summed E-state index contributed by atoms with van der Waals surface area (Å²) in [6, 6.07) is 19.2. The molecule has 0 spiro atoms. The highest BCUT2D eigenvalue weighted by Crippen LogP contribution is 2.40. The summed E-state index contributed by atoms with van der Waals surface area (Å²) in [6.45, 7) is 0.210. The molecule has 0 unspecified atom stereocenters. The topological polar surface area (TPSA) is 46.5 Å². The number of rotatable bonds is 4. The minimum atomic E-state index is -4.65. The van der Waals surface area contributed by atoms with Crippen molar-refractivity contribution in [2.45, 2.75) is 12.8 Å². The average Bonchev–Trinajstić information content (AvgIpc) is 2.71. The smallest absolute Gasteiger partial charge is 0.417 e. The van der Waals surface area contributed by atoms with Crippen molar-refractivity contribution in [1.82, 2.24) is 0 Å². The van der Waals surface area contributed by atoms with Crippen molar-refractivity contribution in [2.24, 2.45) is 0 Å². The standard InChI is InChI=1S/C23H15F3O3/c24-23(25,26)20-14-16(11-13-22(27)28)10-12-18(20)19-8-4-5-9-21(19)29-15-17-6-2-1-3-7-17/h1-10,12,14H,15H2,(H,27,28). The van der Waals surface area contributed by atoms with E-state index in [1.807, 2.05) is 36.3 Å². The van der Waals surface area contributed by atoms with Gasteiger partial charge in [-0.15, -0.1) is 0 Å². The average molecular weight is 396 g/mol. The molecule has 0 fully saturated rings. The Morgan fingerprint density at radius 3 is 2.31 bits per heavy atom. The van der Waals surface area contributed by atoms with Gasteiger partial charge < -0.3 is 9.84 Å². The van der Waals surface area contributed by atoms with E-state index >= 15 is 0 Å². The molecule has 0 aliphatic heterocycles. The molecule has 0 amide bonds. The Morgan fingerprint density at radius 2 is 1.62 bits per heavy atom. The molecule has 3 rings (SSSR count). The predicted octanol–water partition coefficient (Wildman–Crippen LogP) is 5.39. The Labute approximate surface area is 165 Å². The van der Waals surface area contributed by atoms with E-state index in [9.17, 15) is 18.0 Å². The van der Waals surface area contributed by atoms with Crippen molar-refractivity contribution in [3.8, 4) is 28.7 Å². The maximum absolute atomic E-state index is 13.7. The lowest BCUT2D eigenvalue weighted by Crippen LogP contribution is -2.08. The van der Waals surface area contributed by atoms with Gasteiger partial charge in [-0.1, -0.05) is 60.5 Å². The first kappa shape index (κ1) is 20.0. The van der Waals surface area contributed by atoms with Gasteiger partial charge in [-0.2, -0.15) is 13.2 Å². The lowest BCUT2D eigenvalue weighted by Gasteiger charge is -2.17. The molecule has 6 heteroatoms. The van der Waals surface area contributed by atoms with Gasteiger partial charge >= 0.3 is 12.1 Å². The summed E-state index contributed by atoms with van der Waals surface area (Å²) in [5.41, 5.74) is 0.157. The van der Waals surface area contributed by atoms with Crippen molar-refractivity contribution in [3.63, 3.8) is 0 Å². The Kier molecular flexibility index (Phi) is 5.89. The molecule has 0 heterocycles. The Morgan fingerprint density at radius 1 is 0.931 bits per heavy atom. The molecule has 3 aromatic carbocycles. The normalized spacial score (nSPS) is 10.7. The zero-order valence-corrected chi connectivity index (χ0v) is 15.0. The quantitative estimate of drug-likeness (QED) is 0.602.